The molecule has 0 aliphatic carbocycles. The molecule has 36 heavy (non-hydrogen) atoms. The van der Waals surface area contributed by atoms with Crippen LogP contribution in [-0.4, -0.2) is 30.2 Å². The fourth-order valence-electron chi connectivity index (χ4n) is 3.29. The second-order valence-electron chi connectivity index (χ2n) is 7.41. The molecular formula is C22H18Cl2N6O4S2. The molecular weight excluding hydrogens is 547 g/mol. The summed E-state index contributed by atoms with van der Waals surface area (Å²) in [5.41, 5.74) is 4.22. The first-order chi connectivity index (χ1) is 17.1. The number of anilines is 3. The number of hydrazine groups is 1. The van der Waals surface area contributed by atoms with Gasteiger partial charge in [-0.1, -0.05) is 52.7 Å². The average Bonchev–Trinajstić information content (AvgIpc) is 3.18. The Morgan fingerprint density at radius 3 is 2.36 bits per heavy atom. The van der Waals surface area contributed by atoms with Gasteiger partial charge >= 0.3 is 0 Å². The molecule has 2 aromatic heterocycles. The van der Waals surface area contributed by atoms with Crippen molar-refractivity contribution in [1.82, 2.24) is 14.8 Å². The van der Waals surface area contributed by atoms with Gasteiger partial charge in [0, 0.05) is 18.5 Å². The number of rotatable bonds is 7. The van der Waals surface area contributed by atoms with E-state index in [9.17, 15) is 18.0 Å². The van der Waals surface area contributed by atoms with Crippen LogP contribution in [0.2, 0.25) is 10.0 Å². The fourth-order valence-corrected chi connectivity index (χ4v) is 6.18. The summed E-state index contributed by atoms with van der Waals surface area (Å²) in [7, 11) is -4.02. The second kappa shape index (κ2) is 10.4. The molecule has 4 N–H and O–H groups in total. The van der Waals surface area contributed by atoms with Gasteiger partial charge in [0.1, 0.15) is 0 Å². The SMILES string of the molecule is CC(=O)Nc1nc(C)c(S(=O)(=O)NNc2ccnc3c(NC(=O)c4c(Cl)cccc4Cl)cccc23)s1. The summed E-state index contributed by atoms with van der Waals surface area (Å²) in [6.45, 7) is 2.83. The topological polar surface area (TPSA) is 142 Å². The van der Waals surface area contributed by atoms with E-state index in [2.05, 4.69) is 30.9 Å². The van der Waals surface area contributed by atoms with Crippen LogP contribution < -0.4 is 20.9 Å². The highest BCUT2D eigenvalue weighted by Gasteiger charge is 2.23. The molecule has 0 unspecified atom stereocenters. The zero-order valence-electron chi connectivity index (χ0n) is 18.7. The van der Waals surface area contributed by atoms with Crippen molar-refractivity contribution in [2.75, 3.05) is 16.1 Å². The third kappa shape index (κ3) is 5.42. The van der Waals surface area contributed by atoms with Crippen molar-refractivity contribution in [3.8, 4) is 0 Å². The Kier molecular flexibility index (Phi) is 7.43. The Bertz CT molecular complexity index is 1590. The summed E-state index contributed by atoms with van der Waals surface area (Å²) in [5, 5.41) is 6.33. The summed E-state index contributed by atoms with van der Waals surface area (Å²) in [6, 6.07) is 11.4. The van der Waals surface area contributed by atoms with Gasteiger partial charge in [-0.3, -0.25) is 14.6 Å². The molecule has 2 amide bonds. The molecule has 0 aliphatic heterocycles. The standard InChI is InChI=1S/C22H18Cl2N6O4S2/c1-11-21(35-22(26-11)27-12(2)31)36(33,34)30-29-16-9-10-25-19-13(16)5-3-8-17(19)28-20(32)18-14(23)6-4-7-15(18)24/h3-10,30H,1-2H3,(H,25,29)(H,28,32)(H,26,27,31). The number of halogens is 2. The Morgan fingerprint density at radius 1 is 0.972 bits per heavy atom. The van der Waals surface area contributed by atoms with Crippen molar-refractivity contribution in [2.45, 2.75) is 18.1 Å². The fraction of sp³-hybridized carbons (Fsp3) is 0.0909. The number of hydrogen-bond donors (Lipinski definition) is 4. The Morgan fingerprint density at radius 2 is 1.67 bits per heavy atom. The molecule has 4 rings (SSSR count). The third-order valence-electron chi connectivity index (χ3n) is 4.81. The lowest BCUT2D eigenvalue weighted by Crippen LogP contribution is -2.29. The van der Waals surface area contributed by atoms with Crippen molar-refractivity contribution < 1.29 is 18.0 Å². The maximum Gasteiger partial charge on any atom is 0.268 e. The molecule has 0 fully saturated rings. The number of nitrogens with zero attached hydrogens (tertiary/aromatic N) is 2. The number of carbonyl (C=O) groups is 2. The number of hydrogen-bond acceptors (Lipinski definition) is 8. The molecule has 0 aliphatic rings. The van der Waals surface area contributed by atoms with Gasteiger partial charge in [0.15, 0.2) is 9.34 Å². The number of pyridine rings is 1. The van der Waals surface area contributed by atoms with Crippen LogP contribution in [0.25, 0.3) is 10.9 Å². The smallest absolute Gasteiger partial charge is 0.268 e. The van der Waals surface area contributed by atoms with Crippen molar-refractivity contribution in [3.05, 3.63) is 70.0 Å². The van der Waals surface area contributed by atoms with E-state index in [0.29, 0.717) is 22.3 Å². The predicted molar refractivity (Wildman–Crippen MR) is 141 cm³/mol. The van der Waals surface area contributed by atoms with Crippen LogP contribution in [0.1, 0.15) is 23.0 Å². The van der Waals surface area contributed by atoms with Crippen LogP contribution in [0.4, 0.5) is 16.5 Å². The minimum absolute atomic E-state index is 0.0540. The lowest BCUT2D eigenvalue weighted by Gasteiger charge is -2.14. The normalized spacial score (nSPS) is 11.3. The number of benzene rings is 2. The van der Waals surface area contributed by atoms with Gasteiger partial charge in [-0.05, 0) is 31.2 Å². The van der Waals surface area contributed by atoms with Gasteiger partial charge in [0.05, 0.1) is 38.2 Å². The number of carbonyl (C=O) groups excluding carboxylic acids is 2. The summed E-state index contributed by atoms with van der Waals surface area (Å²) >= 11 is 13.1. The van der Waals surface area contributed by atoms with Crippen molar-refractivity contribution >= 4 is 83.8 Å². The van der Waals surface area contributed by atoms with E-state index in [1.165, 1.54) is 20.0 Å². The Labute approximate surface area is 220 Å². The summed E-state index contributed by atoms with van der Waals surface area (Å²) in [5.74, 6) is -0.878. The Hall–Kier alpha value is -3.29. The first-order valence-corrected chi connectivity index (χ1v) is 13.3. The van der Waals surface area contributed by atoms with Gasteiger partial charge in [0.25, 0.3) is 15.9 Å². The molecule has 4 aromatic rings. The lowest BCUT2D eigenvalue weighted by molar-refractivity contribution is -0.114. The lowest BCUT2D eigenvalue weighted by atomic mass is 10.1. The van der Waals surface area contributed by atoms with E-state index in [1.54, 1.807) is 42.5 Å². The first kappa shape index (κ1) is 25.8. The third-order valence-corrected chi connectivity index (χ3v) is 8.37. The van der Waals surface area contributed by atoms with E-state index in [1.807, 2.05) is 0 Å². The van der Waals surface area contributed by atoms with E-state index >= 15 is 0 Å². The van der Waals surface area contributed by atoms with Crippen molar-refractivity contribution in [2.24, 2.45) is 0 Å². The number of fused-ring (bicyclic) bond motifs is 1. The molecule has 0 radical (unpaired) electrons. The monoisotopic (exact) mass is 564 g/mol. The molecule has 0 spiro atoms. The minimum Gasteiger partial charge on any atom is -0.320 e. The van der Waals surface area contributed by atoms with E-state index in [0.717, 1.165) is 11.3 Å². The maximum atomic E-state index is 12.9. The zero-order chi connectivity index (χ0) is 26.0. The number of aromatic nitrogens is 2. The molecule has 0 saturated heterocycles. The highest BCUT2D eigenvalue weighted by atomic mass is 35.5. The molecule has 186 valence electrons. The van der Waals surface area contributed by atoms with Crippen LogP contribution in [0.15, 0.2) is 52.9 Å². The molecule has 2 heterocycles. The minimum atomic E-state index is -4.02. The van der Waals surface area contributed by atoms with Gasteiger partial charge in [-0.2, -0.15) is 0 Å². The number of amides is 2. The van der Waals surface area contributed by atoms with Gasteiger partial charge < -0.3 is 16.1 Å². The number of nitrogens with one attached hydrogen (secondary N) is 4. The first-order valence-electron chi connectivity index (χ1n) is 10.2. The van der Waals surface area contributed by atoms with E-state index in [-0.39, 0.29) is 36.6 Å². The molecule has 2 aromatic carbocycles. The average molecular weight is 565 g/mol. The number of thiazole rings is 1. The summed E-state index contributed by atoms with van der Waals surface area (Å²) in [4.78, 5) is 34.8. The predicted octanol–water partition coefficient (Wildman–Crippen LogP) is 4.82. The highest BCUT2D eigenvalue weighted by Crippen LogP contribution is 2.31. The van der Waals surface area contributed by atoms with Crippen LogP contribution in [0, 0.1) is 6.92 Å². The number of sulfonamides is 1. The van der Waals surface area contributed by atoms with E-state index in [4.69, 9.17) is 23.2 Å². The van der Waals surface area contributed by atoms with E-state index < -0.39 is 15.9 Å². The molecule has 10 nitrogen and oxygen atoms in total. The van der Waals surface area contributed by atoms with Crippen LogP contribution in [0.3, 0.4) is 0 Å². The molecule has 0 bridgehead atoms. The largest absolute Gasteiger partial charge is 0.320 e. The number of aryl methyl sites for hydroxylation is 1. The maximum absolute atomic E-state index is 12.9. The summed E-state index contributed by atoms with van der Waals surface area (Å²) in [6.07, 6.45) is 1.46. The van der Waals surface area contributed by atoms with Crippen LogP contribution in [-0.2, 0) is 14.8 Å². The molecule has 0 saturated carbocycles. The van der Waals surface area contributed by atoms with Crippen molar-refractivity contribution in [3.63, 3.8) is 0 Å². The number of para-hydroxylation sites is 1. The highest BCUT2D eigenvalue weighted by molar-refractivity contribution is 7.91. The van der Waals surface area contributed by atoms with Crippen molar-refractivity contribution in [1.29, 1.82) is 0 Å². The van der Waals surface area contributed by atoms with Gasteiger partial charge in [-0.25, -0.2) is 13.4 Å². The molecule has 0 atom stereocenters. The van der Waals surface area contributed by atoms with Gasteiger partial charge in [0.2, 0.25) is 5.91 Å². The van der Waals surface area contributed by atoms with Crippen LogP contribution in [0.5, 0.6) is 0 Å². The van der Waals surface area contributed by atoms with Crippen LogP contribution >= 0.6 is 34.5 Å². The quantitative estimate of drug-likeness (QED) is 0.235. The Balaban J connectivity index is 1.60. The second-order valence-corrected chi connectivity index (χ2v) is 11.1. The van der Waals surface area contributed by atoms with Gasteiger partial charge in [-0.15, -0.1) is 4.83 Å². The molecule has 14 heteroatoms. The zero-order valence-corrected chi connectivity index (χ0v) is 21.9. The summed E-state index contributed by atoms with van der Waals surface area (Å²) < 4.78 is 25.7.